The number of thioether (sulfide) groups is 1. The number of aliphatic hydroxyl groups excluding tert-OH is 1. The Bertz CT molecular complexity index is 2160. The second-order valence-corrected chi connectivity index (χ2v) is 16.6. The first-order valence-corrected chi connectivity index (χ1v) is 20.4. The monoisotopic (exact) mass is 928 g/mol. The van der Waals surface area contributed by atoms with Gasteiger partial charge >= 0.3 is 18.1 Å². The third kappa shape index (κ3) is 15.1. The number of carbonyl (C=O) groups excluding carboxylic acids is 5. The van der Waals surface area contributed by atoms with E-state index in [4.69, 9.17) is 31.6 Å². The van der Waals surface area contributed by atoms with Crippen molar-refractivity contribution in [2.75, 3.05) is 38.5 Å². The van der Waals surface area contributed by atoms with Gasteiger partial charge in [0, 0.05) is 56.1 Å². The van der Waals surface area contributed by atoms with E-state index in [1.807, 2.05) is 51.1 Å². The number of hydrogen-bond acceptors (Lipinski definition) is 12. The highest BCUT2D eigenvalue weighted by atomic mass is 32.2. The van der Waals surface area contributed by atoms with E-state index >= 15 is 0 Å². The molecule has 0 aliphatic carbocycles. The first-order chi connectivity index (χ1) is 29.8. The van der Waals surface area contributed by atoms with E-state index in [0.717, 1.165) is 40.4 Å². The summed E-state index contributed by atoms with van der Waals surface area (Å²) in [6.45, 7) is 3.91. The first-order valence-electron chi connectivity index (χ1n) is 19.4. The van der Waals surface area contributed by atoms with Crippen LogP contribution in [0.4, 0.5) is 22.0 Å². The lowest BCUT2D eigenvalue weighted by Crippen LogP contribution is -2.48. The molecule has 1 aliphatic heterocycles. The van der Waals surface area contributed by atoms with E-state index in [0.29, 0.717) is 17.7 Å². The van der Waals surface area contributed by atoms with Crippen LogP contribution >= 0.6 is 11.8 Å². The Kier molecular flexibility index (Phi) is 18.9. The molecule has 4 rings (SSSR count). The van der Waals surface area contributed by atoms with Crippen LogP contribution in [0.15, 0.2) is 54.7 Å². The molecule has 1 saturated heterocycles. The molecule has 0 bridgehead atoms. The topological polar surface area (TPSA) is 281 Å². The molecule has 1 aliphatic rings. The van der Waals surface area contributed by atoms with Crippen molar-refractivity contribution in [1.82, 2.24) is 30.2 Å². The van der Waals surface area contributed by atoms with Crippen molar-refractivity contribution in [2.24, 2.45) is 16.9 Å². The lowest BCUT2D eigenvalue weighted by atomic mass is 9.81. The van der Waals surface area contributed by atoms with Crippen LogP contribution in [0.2, 0.25) is 0 Å². The van der Waals surface area contributed by atoms with Gasteiger partial charge in [-0.15, -0.1) is 11.8 Å². The fraction of sp³-hybridized carbons (Fsp3) is 0.450. The fourth-order valence-corrected chi connectivity index (χ4v) is 7.38. The predicted molar refractivity (Wildman–Crippen MR) is 219 cm³/mol. The minimum atomic E-state index is -5.08. The minimum Gasteiger partial charge on any atom is -0.480 e. The van der Waals surface area contributed by atoms with E-state index in [1.54, 1.807) is 6.20 Å². The normalized spacial score (nSPS) is 15.4. The molecule has 18 nitrogen and oxygen atoms in total. The summed E-state index contributed by atoms with van der Waals surface area (Å²) in [5.74, 6) is -8.63. The molecule has 2 aromatic carbocycles. The standard InChI is InChI=1S/C38H48F2N8O8S.C2HF3O2/c1-38(2,3)34(33-23(15-22-7-5-4-6-8-22)18-48(45-33)28-16-24(39)9-10-25(28)40)46(32(52)20-49)14-11-26(41)35(53)44-13-12-43-30(50)19-47-31(51)17-29(36(47)54)57-21-27(42)37(55)56;3-2(4,5)1(6)7/h4-10,16,18,26-27,29,34,49H,11-15,17,19-21,41-42H2,1-3H3,(H,43,50)(H,44,53)(H,55,56);(H,6,7)/t26-,27-,29?,34-;/m0./s1. The Morgan fingerprint density at radius 1 is 0.969 bits per heavy atom. The van der Waals surface area contributed by atoms with Gasteiger partial charge in [-0.2, -0.15) is 18.3 Å². The number of rotatable bonds is 19. The van der Waals surface area contributed by atoms with Crippen LogP contribution in [0.3, 0.4) is 0 Å². The number of aromatic nitrogens is 2. The van der Waals surface area contributed by atoms with Crippen molar-refractivity contribution >= 4 is 53.2 Å². The highest BCUT2D eigenvalue weighted by Crippen LogP contribution is 2.40. The predicted octanol–water partition coefficient (Wildman–Crippen LogP) is 1.51. The van der Waals surface area contributed by atoms with Gasteiger partial charge in [0.15, 0.2) is 0 Å². The van der Waals surface area contributed by atoms with E-state index in [1.165, 1.54) is 9.58 Å². The van der Waals surface area contributed by atoms with Gasteiger partial charge in [-0.3, -0.25) is 33.7 Å². The second kappa shape index (κ2) is 23.1. The number of halogens is 5. The number of amides is 5. The van der Waals surface area contributed by atoms with Crippen molar-refractivity contribution in [3.63, 3.8) is 0 Å². The average molecular weight is 929 g/mol. The van der Waals surface area contributed by atoms with E-state index in [9.17, 15) is 55.8 Å². The van der Waals surface area contributed by atoms with Gasteiger partial charge in [-0.25, -0.2) is 18.3 Å². The van der Waals surface area contributed by atoms with Gasteiger partial charge in [-0.1, -0.05) is 51.1 Å². The summed E-state index contributed by atoms with van der Waals surface area (Å²) < 4.78 is 62.2. The van der Waals surface area contributed by atoms with Crippen LogP contribution in [0.5, 0.6) is 0 Å². The number of carboxylic acid groups (broad SMARTS) is 2. The van der Waals surface area contributed by atoms with Crippen molar-refractivity contribution in [2.45, 2.75) is 69.6 Å². The zero-order chi connectivity index (χ0) is 48.1. The van der Waals surface area contributed by atoms with Gasteiger partial charge < -0.3 is 42.3 Å². The van der Waals surface area contributed by atoms with Crippen LogP contribution in [0.1, 0.15) is 56.5 Å². The molecule has 0 spiro atoms. The molecule has 3 aromatic rings. The number of nitrogens with zero attached hydrogens (tertiary/aromatic N) is 4. The van der Waals surface area contributed by atoms with Gasteiger partial charge in [0.1, 0.15) is 36.5 Å². The molecule has 24 heteroatoms. The zero-order valence-corrected chi connectivity index (χ0v) is 35.6. The molecule has 350 valence electrons. The largest absolute Gasteiger partial charge is 0.490 e. The minimum absolute atomic E-state index is 0.0561. The molecule has 0 radical (unpaired) electrons. The summed E-state index contributed by atoms with van der Waals surface area (Å²) in [5.41, 5.74) is 12.7. The number of imide groups is 1. The smallest absolute Gasteiger partial charge is 0.480 e. The second-order valence-electron chi connectivity index (χ2n) is 15.4. The molecule has 2 heterocycles. The summed E-state index contributed by atoms with van der Waals surface area (Å²) in [7, 11) is 0. The molecule has 1 unspecified atom stereocenters. The number of aliphatic hydroxyl groups is 1. The fourth-order valence-electron chi connectivity index (χ4n) is 6.27. The van der Waals surface area contributed by atoms with E-state index in [2.05, 4.69) is 10.6 Å². The Morgan fingerprint density at radius 2 is 1.59 bits per heavy atom. The van der Waals surface area contributed by atoms with Crippen molar-refractivity contribution < 1.29 is 70.8 Å². The van der Waals surface area contributed by atoms with Crippen LogP contribution in [0.25, 0.3) is 5.69 Å². The maximum absolute atomic E-state index is 15.0. The maximum atomic E-state index is 15.0. The highest BCUT2D eigenvalue weighted by molar-refractivity contribution is 8.00. The lowest BCUT2D eigenvalue weighted by Gasteiger charge is -2.40. The number of hydrogen-bond donors (Lipinski definition) is 7. The molecule has 0 saturated carbocycles. The molecule has 64 heavy (non-hydrogen) atoms. The van der Waals surface area contributed by atoms with Crippen LogP contribution in [-0.2, 0) is 40.0 Å². The molecular formula is C40H49F5N8O10S. The summed E-state index contributed by atoms with van der Waals surface area (Å²) in [4.78, 5) is 85.9. The Morgan fingerprint density at radius 3 is 2.17 bits per heavy atom. The summed E-state index contributed by atoms with van der Waals surface area (Å²) in [5, 5.41) is 35.1. The molecule has 1 aromatic heterocycles. The molecule has 4 atom stereocenters. The third-order valence-corrected chi connectivity index (χ3v) is 10.7. The van der Waals surface area contributed by atoms with Gasteiger partial charge in [-0.05, 0) is 29.5 Å². The summed E-state index contributed by atoms with van der Waals surface area (Å²) >= 11 is 0.931. The number of nitrogens with one attached hydrogen (secondary N) is 2. The van der Waals surface area contributed by atoms with Crippen LogP contribution < -0.4 is 22.1 Å². The Balaban J connectivity index is 0.00000143. The van der Waals surface area contributed by atoms with Crippen molar-refractivity contribution in [1.29, 1.82) is 0 Å². The van der Waals surface area contributed by atoms with E-state index < -0.39 is 101 Å². The van der Waals surface area contributed by atoms with E-state index in [-0.39, 0.29) is 43.9 Å². The zero-order valence-electron chi connectivity index (χ0n) is 34.8. The van der Waals surface area contributed by atoms with Gasteiger partial charge in [0.2, 0.25) is 29.5 Å². The number of carbonyl (C=O) groups is 7. The lowest BCUT2D eigenvalue weighted by molar-refractivity contribution is -0.192. The van der Waals surface area contributed by atoms with Crippen molar-refractivity contribution in [3.05, 3.63) is 83.2 Å². The average Bonchev–Trinajstić information content (AvgIpc) is 3.74. The molecule has 5 amide bonds. The Hall–Kier alpha value is -5.98. The molecule has 1 fully saturated rings. The van der Waals surface area contributed by atoms with Crippen molar-refractivity contribution in [3.8, 4) is 5.69 Å². The maximum Gasteiger partial charge on any atom is 0.490 e. The quantitative estimate of drug-likeness (QED) is 0.0510. The molecular weight excluding hydrogens is 880 g/mol. The number of carboxylic acids is 2. The van der Waals surface area contributed by atoms with Crippen LogP contribution in [-0.4, -0.2) is 138 Å². The highest BCUT2D eigenvalue weighted by Gasteiger charge is 2.41. The Labute approximate surface area is 367 Å². The molecule has 9 N–H and O–H groups in total. The number of nitrogens with two attached hydrogens (primary N) is 2. The summed E-state index contributed by atoms with van der Waals surface area (Å²) in [6.07, 6.45) is -3.43. The third-order valence-electron chi connectivity index (χ3n) is 9.37. The SMILES string of the molecule is CC(C)(C)[C@H](c1nn(-c2cc(F)ccc2F)cc1Cc1ccccc1)N(CC[C@H](N)C(=O)NCCNC(=O)CN1C(=O)CC(SC[C@H](N)C(=O)O)C1=O)C(=O)CO.O=C(O)C(F)(F)F. The first kappa shape index (κ1) is 52.4. The van der Waals surface area contributed by atoms with Gasteiger partial charge in [0.25, 0.3) is 0 Å². The summed E-state index contributed by atoms with van der Waals surface area (Å²) in [6, 6.07) is 9.18. The number of likely N-dealkylation sites (tertiary alicyclic amines) is 1. The number of alkyl halides is 3. The number of aliphatic carboxylic acids is 2. The van der Waals surface area contributed by atoms with Gasteiger partial charge in [0.05, 0.1) is 23.0 Å². The number of benzene rings is 2. The van der Waals surface area contributed by atoms with Crippen LogP contribution in [0, 0.1) is 17.0 Å².